The Bertz CT molecular complexity index is 999. The lowest BCUT2D eigenvalue weighted by molar-refractivity contribution is -0.131. The van der Waals surface area contributed by atoms with Crippen molar-refractivity contribution in [3.05, 3.63) is 59.7 Å². The Balaban J connectivity index is 1.69. The highest BCUT2D eigenvalue weighted by atomic mass is 19.2. The number of nitrogens with one attached hydrogen (secondary N) is 2. The normalized spacial score (nSPS) is 16.0. The van der Waals surface area contributed by atoms with Gasteiger partial charge in [0.15, 0.2) is 11.6 Å². The van der Waals surface area contributed by atoms with Gasteiger partial charge in [0.2, 0.25) is 5.91 Å². The van der Waals surface area contributed by atoms with Gasteiger partial charge in [-0.2, -0.15) is 5.26 Å². The SMILES string of the molecule is N#CC(Cc1ccc(-c2ccc(F)c(F)c2)cc1)NC(=O)C1(NC(=O)O)CCOCC1. The summed E-state index contributed by atoms with van der Waals surface area (Å²) in [6.45, 7) is 0.465. The number of hydrogen-bond donors (Lipinski definition) is 3. The predicted molar refractivity (Wildman–Crippen MR) is 107 cm³/mol. The lowest BCUT2D eigenvalue weighted by Crippen LogP contribution is -2.62. The zero-order valence-corrected chi connectivity index (χ0v) is 16.5. The number of halogens is 2. The summed E-state index contributed by atoms with van der Waals surface area (Å²) in [5.74, 6) is -2.43. The summed E-state index contributed by atoms with van der Waals surface area (Å²) in [5, 5.41) is 23.5. The molecule has 162 valence electrons. The summed E-state index contributed by atoms with van der Waals surface area (Å²) in [5.41, 5.74) is 0.588. The monoisotopic (exact) mass is 429 g/mol. The van der Waals surface area contributed by atoms with Gasteiger partial charge in [-0.15, -0.1) is 0 Å². The molecule has 3 rings (SSSR count). The Morgan fingerprint density at radius 1 is 1.10 bits per heavy atom. The molecule has 0 aliphatic carbocycles. The Hall–Kier alpha value is -3.51. The van der Waals surface area contributed by atoms with Crippen LogP contribution in [0.2, 0.25) is 0 Å². The van der Waals surface area contributed by atoms with E-state index in [9.17, 15) is 23.6 Å². The number of carbonyl (C=O) groups is 2. The summed E-state index contributed by atoms with van der Waals surface area (Å²) in [7, 11) is 0. The molecule has 9 heteroatoms. The van der Waals surface area contributed by atoms with E-state index >= 15 is 0 Å². The minimum Gasteiger partial charge on any atom is -0.465 e. The minimum atomic E-state index is -1.34. The Morgan fingerprint density at radius 2 is 1.74 bits per heavy atom. The molecule has 1 aliphatic rings. The standard InChI is InChI=1S/C22H21F2N3O4/c23-18-6-5-16(12-19(18)24)15-3-1-14(2-4-15)11-17(13-25)26-20(28)22(27-21(29)30)7-9-31-10-8-22/h1-6,12,17,27H,7-11H2,(H,26,28)(H,29,30). The van der Waals surface area contributed by atoms with Gasteiger partial charge in [0.1, 0.15) is 11.6 Å². The maximum atomic E-state index is 13.4. The fraction of sp³-hybridized carbons (Fsp3) is 0.318. The van der Waals surface area contributed by atoms with Crippen molar-refractivity contribution in [3.63, 3.8) is 0 Å². The van der Waals surface area contributed by atoms with Crippen molar-refractivity contribution >= 4 is 12.0 Å². The Labute approximate surface area is 177 Å². The molecule has 3 N–H and O–H groups in total. The van der Waals surface area contributed by atoms with Gasteiger partial charge in [-0.1, -0.05) is 30.3 Å². The number of ether oxygens (including phenoxy) is 1. The molecule has 1 heterocycles. The topological polar surface area (TPSA) is 111 Å². The molecule has 7 nitrogen and oxygen atoms in total. The highest BCUT2D eigenvalue weighted by molar-refractivity contribution is 5.90. The summed E-state index contributed by atoms with van der Waals surface area (Å²) in [6, 6.07) is 11.6. The van der Waals surface area contributed by atoms with Gasteiger partial charge in [-0.3, -0.25) is 4.79 Å². The fourth-order valence-corrected chi connectivity index (χ4v) is 3.50. The molecule has 2 aromatic carbocycles. The molecule has 31 heavy (non-hydrogen) atoms. The first kappa shape index (κ1) is 22.2. The van der Waals surface area contributed by atoms with Gasteiger partial charge >= 0.3 is 6.09 Å². The van der Waals surface area contributed by atoms with Gasteiger partial charge in [-0.25, -0.2) is 13.6 Å². The van der Waals surface area contributed by atoms with Crippen LogP contribution in [0.1, 0.15) is 18.4 Å². The van der Waals surface area contributed by atoms with Crippen molar-refractivity contribution in [2.75, 3.05) is 13.2 Å². The van der Waals surface area contributed by atoms with Crippen molar-refractivity contribution in [3.8, 4) is 17.2 Å². The van der Waals surface area contributed by atoms with Crippen LogP contribution in [0, 0.1) is 23.0 Å². The van der Waals surface area contributed by atoms with Crippen LogP contribution in [0.4, 0.5) is 13.6 Å². The van der Waals surface area contributed by atoms with Crippen LogP contribution in [0.3, 0.4) is 0 Å². The number of nitriles is 1. The molecule has 2 amide bonds. The third-order valence-electron chi connectivity index (χ3n) is 5.24. The second-order valence-electron chi connectivity index (χ2n) is 7.31. The smallest absolute Gasteiger partial charge is 0.405 e. The number of nitrogens with zero attached hydrogens (tertiary/aromatic N) is 1. The summed E-state index contributed by atoms with van der Waals surface area (Å²) in [4.78, 5) is 24.0. The first-order valence-corrected chi connectivity index (χ1v) is 9.67. The van der Waals surface area contributed by atoms with E-state index in [1.54, 1.807) is 24.3 Å². The molecule has 0 saturated carbocycles. The van der Waals surface area contributed by atoms with Gasteiger partial charge in [-0.05, 0) is 28.8 Å². The average molecular weight is 429 g/mol. The van der Waals surface area contributed by atoms with E-state index in [2.05, 4.69) is 10.6 Å². The quantitative estimate of drug-likeness (QED) is 0.654. The van der Waals surface area contributed by atoms with Crippen LogP contribution in [0.5, 0.6) is 0 Å². The predicted octanol–water partition coefficient (Wildman–Crippen LogP) is 3.00. The molecule has 0 bridgehead atoms. The van der Waals surface area contributed by atoms with Crippen LogP contribution >= 0.6 is 0 Å². The van der Waals surface area contributed by atoms with Crippen LogP contribution in [-0.4, -0.2) is 41.9 Å². The zero-order chi connectivity index (χ0) is 22.4. The van der Waals surface area contributed by atoms with Crippen molar-refractivity contribution in [1.29, 1.82) is 5.26 Å². The fourth-order valence-electron chi connectivity index (χ4n) is 3.50. The minimum absolute atomic E-state index is 0.173. The molecule has 1 saturated heterocycles. The van der Waals surface area contributed by atoms with E-state index in [0.29, 0.717) is 11.1 Å². The molecule has 1 aliphatic heterocycles. The average Bonchev–Trinajstić information content (AvgIpc) is 2.76. The van der Waals surface area contributed by atoms with Crippen LogP contribution in [0.15, 0.2) is 42.5 Å². The second kappa shape index (κ2) is 9.53. The third kappa shape index (κ3) is 5.35. The van der Waals surface area contributed by atoms with Gasteiger partial charge in [0, 0.05) is 32.5 Å². The number of hydrogen-bond acceptors (Lipinski definition) is 4. The number of carbonyl (C=O) groups excluding carboxylic acids is 1. The van der Waals surface area contributed by atoms with Crippen LogP contribution < -0.4 is 10.6 Å². The summed E-state index contributed by atoms with van der Waals surface area (Å²) < 4.78 is 31.8. The van der Waals surface area contributed by atoms with E-state index in [4.69, 9.17) is 9.84 Å². The molecule has 1 unspecified atom stereocenters. The molecule has 0 radical (unpaired) electrons. The Morgan fingerprint density at radius 3 is 2.32 bits per heavy atom. The molecule has 2 aromatic rings. The van der Waals surface area contributed by atoms with Gasteiger partial charge < -0.3 is 20.5 Å². The van der Waals surface area contributed by atoms with E-state index in [-0.39, 0.29) is 32.5 Å². The summed E-state index contributed by atoms with van der Waals surface area (Å²) >= 11 is 0. The second-order valence-corrected chi connectivity index (χ2v) is 7.31. The van der Waals surface area contributed by atoms with E-state index in [1.807, 2.05) is 6.07 Å². The van der Waals surface area contributed by atoms with Crippen LogP contribution in [0.25, 0.3) is 11.1 Å². The van der Waals surface area contributed by atoms with E-state index in [1.165, 1.54) is 6.07 Å². The van der Waals surface area contributed by atoms with Crippen molar-refractivity contribution in [2.24, 2.45) is 0 Å². The van der Waals surface area contributed by atoms with E-state index < -0.39 is 35.2 Å². The maximum Gasteiger partial charge on any atom is 0.405 e. The molecular weight excluding hydrogens is 408 g/mol. The maximum absolute atomic E-state index is 13.4. The Kier molecular flexibility index (Phi) is 6.82. The third-order valence-corrected chi connectivity index (χ3v) is 5.24. The van der Waals surface area contributed by atoms with Gasteiger partial charge in [0.25, 0.3) is 0 Å². The number of carboxylic acid groups (broad SMARTS) is 1. The number of benzene rings is 2. The molecular formula is C22H21F2N3O4. The highest BCUT2D eigenvalue weighted by Gasteiger charge is 2.42. The van der Waals surface area contributed by atoms with Crippen molar-refractivity contribution in [2.45, 2.75) is 30.8 Å². The van der Waals surface area contributed by atoms with Gasteiger partial charge in [0.05, 0.1) is 6.07 Å². The lowest BCUT2D eigenvalue weighted by atomic mass is 9.88. The molecule has 1 atom stereocenters. The number of amides is 2. The molecule has 1 fully saturated rings. The first-order valence-electron chi connectivity index (χ1n) is 9.67. The zero-order valence-electron chi connectivity index (χ0n) is 16.5. The lowest BCUT2D eigenvalue weighted by Gasteiger charge is -2.36. The van der Waals surface area contributed by atoms with E-state index in [0.717, 1.165) is 17.7 Å². The largest absolute Gasteiger partial charge is 0.465 e. The summed E-state index contributed by atoms with van der Waals surface area (Å²) in [6.07, 6.45) is -0.781. The molecule has 0 aromatic heterocycles. The molecule has 0 spiro atoms. The highest BCUT2D eigenvalue weighted by Crippen LogP contribution is 2.23. The first-order chi connectivity index (χ1) is 14.8. The van der Waals surface area contributed by atoms with Crippen LogP contribution in [-0.2, 0) is 16.0 Å². The van der Waals surface area contributed by atoms with Crippen molar-refractivity contribution < 1.29 is 28.2 Å². The number of rotatable bonds is 6. The van der Waals surface area contributed by atoms with Crippen molar-refractivity contribution in [1.82, 2.24) is 10.6 Å².